The number of nitrogens with zero attached hydrogens (tertiary/aromatic N) is 1. The largest absolute Gasteiger partial charge is 0.342 e. The summed E-state index contributed by atoms with van der Waals surface area (Å²) in [6, 6.07) is 13.2. The highest BCUT2D eigenvalue weighted by Crippen LogP contribution is 2.21. The van der Waals surface area contributed by atoms with E-state index in [1.807, 2.05) is 0 Å². The lowest BCUT2D eigenvalue weighted by Gasteiger charge is -2.17. The quantitative estimate of drug-likeness (QED) is 0.797. The molecular formula is C21H21FN2O3. The van der Waals surface area contributed by atoms with Gasteiger partial charge in [-0.3, -0.25) is 14.4 Å². The number of benzene rings is 2. The van der Waals surface area contributed by atoms with Crippen molar-refractivity contribution in [3.8, 4) is 0 Å². The lowest BCUT2D eigenvalue weighted by molar-refractivity contribution is -0.128. The van der Waals surface area contributed by atoms with Gasteiger partial charge < -0.3 is 10.2 Å². The van der Waals surface area contributed by atoms with Crippen molar-refractivity contribution in [3.05, 3.63) is 65.5 Å². The lowest BCUT2D eigenvalue weighted by atomic mass is 10.1. The molecule has 6 heteroatoms. The minimum absolute atomic E-state index is 0.0820. The van der Waals surface area contributed by atoms with E-state index in [1.165, 1.54) is 13.0 Å². The van der Waals surface area contributed by atoms with Gasteiger partial charge in [0.05, 0.1) is 5.92 Å². The van der Waals surface area contributed by atoms with E-state index in [-0.39, 0.29) is 29.8 Å². The maximum Gasteiger partial charge on any atom is 0.229 e. The third kappa shape index (κ3) is 4.58. The van der Waals surface area contributed by atoms with Crippen LogP contribution in [0.3, 0.4) is 0 Å². The first-order valence-electron chi connectivity index (χ1n) is 8.87. The number of hydrogen-bond acceptors (Lipinski definition) is 3. The van der Waals surface area contributed by atoms with Crippen LogP contribution in [0.15, 0.2) is 48.5 Å². The van der Waals surface area contributed by atoms with Gasteiger partial charge in [-0.05, 0) is 37.1 Å². The molecule has 1 heterocycles. The van der Waals surface area contributed by atoms with Crippen molar-refractivity contribution in [3.63, 3.8) is 0 Å². The minimum atomic E-state index is -0.459. The smallest absolute Gasteiger partial charge is 0.229 e. The van der Waals surface area contributed by atoms with Crippen molar-refractivity contribution in [1.82, 2.24) is 4.90 Å². The fourth-order valence-electron chi connectivity index (χ4n) is 3.18. The van der Waals surface area contributed by atoms with E-state index in [0.29, 0.717) is 36.3 Å². The predicted octanol–water partition coefficient (Wildman–Crippen LogP) is 3.06. The Hall–Kier alpha value is -3.02. The highest BCUT2D eigenvalue weighted by Gasteiger charge is 2.34. The number of amides is 2. The maximum atomic E-state index is 13.7. The molecule has 0 spiro atoms. The number of rotatable bonds is 6. The summed E-state index contributed by atoms with van der Waals surface area (Å²) in [7, 11) is 0. The Morgan fingerprint density at radius 1 is 1.19 bits per heavy atom. The molecule has 140 valence electrons. The van der Waals surface area contributed by atoms with Gasteiger partial charge in [-0.15, -0.1) is 0 Å². The van der Waals surface area contributed by atoms with E-state index in [2.05, 4.69) is 5.32 Å². The summed E-state index contributed by atoms with van der Waals surface area (Å²) >= 11 is 0. The molecule has 5 nitrogen and oxygen atoms in total. The molecule has 1 N–H and O–H groups in total. The molecule has 0 aromatic heterocycles. The molecule has 1 fully saturated rings. The summed E-state index contributed by atoms with van der Waals surface area (Å²) in [6.07, 6.45) is 0.545. The third-order valence-corrected chi connectivity index (χ3v) is 4.73. The Morgan fingerprint density at radius 2 is 1.96 bits per heavy atom. The topological polar surface area (TPSA) is 66.5 Å². The second kappa shape index (κ2) is 8.12. The summed E-state index contributed by atoms with van der Waals surface area (Å²) in [5.41, 5.74) is 1.60. The SMILES string of the molecule is CC(=O)c1cccc(NC(=O)C2CC(=O)N(CCc3ccccc3F)C2)c1. The Labute approximate surface area is 157 Å². The molecule has 0 bridgehead atoms. The lowest BCUT2D eigenvalue weighted by Crippen LogP contribution is -2.30. The van der Waals surface area contributed by atoms with E-state index < -0.39 is 5.92 Å². The molecule has 0 radical (unpaired) electrons. The first kappa shape index (κ1) is 18.8. The molecule has 1 atom stereocenters. The van der Waals surface area contributed by atoms with Crippen LogP contribution in [0, 0.1) is 11.7 Å². The minimum Gasteiger partial charge on any atom is -0.342 e. The van der Waals surface area contributed by atoms with Gasteiger partial charge in [-0.25, -0.2) is 4.39 Å². The van der Waals surface area contributed by atoms with E-state index in [4.69, 9.17) is 0 Å². The van der Waals surface area contributed by atoms with Crippen molar-refractivity contribution in [2.24, 2.45) is 5.92 Å². The number of anilines is 1. The van der Waals surface area contributed by atoms with Crippen LogP contribution in [0.4, 0.5) is 10.1 Å². The molecule has 1 unspecified atom stereocenters. The fourth-order valence-corrected chi connectivity index (χ4v) is 3.18. The number of nitrogens with one attached hydrogen (secondary N) is 1. The molecule has 3 rings (SSSR count). The molecule has 1 aliphatic heterocycles. The maximum absolute atomic E-state index is 13.7. The molecule has 1 saturated heterocycles. The summed E-state index contributed by atoms with van der Waals surface area (Å²) in [6.45, 7) is 2.15. The van der Waals surface area contributed by atoms with Crippen LogP contribution in [0.1, 0.15) is 29.3 Å². The highest BCUT2D eigenvalue weighted by atomic mass is 19.1. The number of Topliss-reactive ketones (excluding diaryl/α,β-unsaturated/α-hetero) is 1. The van der Waals surface area contributed by atoms with Gasteiger partial charge in [-0.2, -0.15) is 0 Å². The monoisotopic (exact) mass is 368 g/mol. The van der Waals surface area contributed by atoms with Crippen LogP contribution in [-0.4, -0.2) is 35.6 Å². The van der Waals surface area contributed by atoms with Crippen molar-refractivity contribution < 1.29 is 18.8 Å². The summed E-state index contributed by atoms with van der Waals surface area (Å²) in [5, 5.41) is 2.77. The summed E-state index contributed by atoms with van der Waals surface area (Å²) < 4.78 is 13.7. The zero-order valence-electron chi connectivity index (χ0n) is 15.1. The highest BCUT2D eigenvalue weighted by molar-refractivity contribution is 5.99. The normalized spacial score (nSPS) is 16.4. The van der Waals surface area contributed by atoms with Gasteiger partial charge in [0, 0.05) is 30.8 Å². The number of carbonyl (C=O) groups excluding carboxylic acids is 3. The Bertz CT molecular complexity index is 881. The number of hydrogen-bond donors (Lipinski definition) is 1. The van der Waals surface area contributed by atoms with Gasteiger partial charge in [0.1, 0.15) is 5.82 Å². The van der Waals surface area contributed by atoms with Crippen LogP contribution in [0.5, 0.6) is 0 Å². The molecule has 2 amide bonds. The average Bonchev–Trinajstić information content (AvgIpc) is 3.02. The molecule has 1 aliphatic rings. The molecule has 0 saturated carbocycles. The number of likely N-dealkylation sites (tertiary alicyclic amines) is 1. The molecule has 27 heavy (non-hydrogen) atoms. The summed E-state index contributed by atoms with van der Waals surface area (Å²) in [5.74, 6) is -1.19. The van der Waals surface area contributed by atoms with E-state index >= 15 is 0 Å². The van der Waals surface area contributed by atoms with Crippen molar-refractivity contribution in [2.75, 3.05) is 18.4 Å². The van der Waals surface area contributed by atoms with Crippen LogP contribution in [0.2, 0.25) is 0 Å². The molecule has 2 aromatic carbocycles. The Balaban J connectivity index is 1.58. The van der Waals surface area contributed by atoms with Gasteiger partial charge in [-0.1, -0.05) is 30.3 Å². The first-order chi connectivity index (χ1) is 12.9. The third-order valence-electron chi connectivity index (χ3n) is 4.73. The van der Waals surface area contributed by atoms with Gasteiger partial charge in [0.25, 0.3) is 0 Å². The molecule has 0 aliphatic carbocycles. The Morgan fingerprint density at radius 3 is 2.70 bits per heavy atom. The van der Waals surface area contributed by atoms with E-state index in [0.717, 1.165) is 0 Å². The molecule has 2 aromatic rings. The van der Waals surface area contributed by atoms with Gasteiger partial charge in [0.2, 0.25) is 11.8 Å². The second-order valence-electron chi connectivity index (χ2n) is 6.71. The van der Waals surface area contributed by atoms with Crippen LogP contribution in [0.25, 0.3) is 0 Å². The van der Waals surface area contributed by atoms with Crippen molar-refractivity contribution >= 4 is 23.3 Å². The number of halogens is 1. The van der Waals surface area contributed by atoms with Gasteiger partial charge in [0.15, 0.2) is 5.78 Å². The number of carbonyl (C=O) groups is 3. The molecular weight excluding hydrogens is 347 g/mol. The van der Waals surface area contributed by atoms with Crippen LogP contribution >= 0.6 is 0 Å². The summed E-state index contributed by atoms with van der Waals surface area (Å²) in [4.78, 5) is 37.7. The zero-order valence-corrected chi connectivity index (χ0v) is 15.1. The fraction of sp³-hybridized carbons (Fsp3) is 0.286. The van der Waals surface area contributed by atoms with E-state index in [1.54, 1.807) is 47.4 Å². The zero-order chi connectivity index (χ0) is 19.4. The first-order valence-corrected chi connectivity index (χ1v) is 8.87. The standard InChI is InChI=1S/C21H21FN2O3/c1-14(25)16-6-4-7-18(11-16)23-21(27)17-12-20(26)24(13-17)10-9-15-5-2-3-8-19(15)22/h2-8,11,17H,9-10,12-13H2,1H3,(H,23,27). The van der Waals surface area contributed by atoms with E-state index in [9.17, 15) is 18.8 Å². The predicted molar refractivity (Wildman–Crippen MR) is 99.9 cm³/mol. The van der Waals surface area contributed by atoms with Gasteiger partial charge >= 0.3 is 0 Å². The van der Waals surface area contributed by atoms with Crippen LogP contribution in [-0.2, 0) is 16.0 Å². The van der Waals surface area contributed by atoms with Crippen LogP contribution < -0.4 is 5.32 Å². The van der Waals surface area contributed by atoms with Crippen molar-refractivity contribution in [1.29, 1.82) is 0 Å². The Kier molecular flexibility index (Phi) is 5.64. The number of ketones is 1. The average molecular weight is 368 g/mol. The van der Waals surface area contributed by atoms with Crippen molar-refractivity contribution in [2.45, 2.75) is 19.8 Å². The second-order valence-corrected chi connectivity index (χ2v) is 6.71.